The molecule has 0 aliphatic rings. The lowest BCUT2D eigenvalue weighted by Gasteiger charge is -2.19. The lowest BCUT2D eigenvalue weighted by Crippen LogP contribution is -2.29. The average molecular weight is 158 g/mol. The van der Waals surface area contributed by atoms with E-state index in [1.807, 2.05) is 0 Å². The first kappa shape index (κ1) is 10.9. The number of unbranched alkanes of at least 4 members (excludes halogenated alkanes) is 1. The Morgan fingerprint density at radius 2 is 2.09 bits per heavy atom. The van der Waals surface area contributed by atoms with Crippen LogP contribution >= 0.6 is 0 Å². The molecule has 1 atom stereocenters. The molecule has 0 aliphatic heterocycles. The van der Waals surface area contributed by atoms with E-state index in [2.05, 4.69) is 25.8 Å². The zero-order chi connectivity index (χ0) is 8.69. The molecule has 2 nitrogen and oxygen atoms in total. The molecule has 1 unspecified atom stereocenters. The SMILES string of the molecule is CCCCN(C)CC(C)CN. The second kappa shape index (κ2) is 6.62. The molecule has 68 valence electrons. The molecule has 0 saturated heterocycles. The lowest BCUT2D eigenvalue weighted by molar-refractivity contribution is 0.285. The molecule has 0 saturated carbocycles. The van der Waals surface area contributed by atoms with E-state index in [1.54, 1.807) is 0 Å². The number of nitrogens with two attached hydrogens (primary N) is 1. The van der Waals surface area contributed by atoms with Crippen LogP contribution in [0, 0.1) is 5.92 Å². The van der Waals surface area contributed by atoms with Crippen molar-refractivity contribution in [1.29, 1.82) is 0 Å². The van der Waals surface area contributed by atoms with Gasteiger partial charge in [-0.2, -0.15) is 0 Å². The predicted molar refractivity (Wildman–Crippen MR) is 50.6 cm³/mol. The Kier molecular flexibility index (Phi) is 6.57. The largest absolute Gasteiger partial charge is 0.330 e. The summed E-state index contributed by atoms with van der Waals surface area (Å²) < 4.78 is 0. The van der Waals surface area contributed by atoms with Crippen LogP contribution in [0.1, 0.15) is 26.7 Å². The van der Waals surface area contributed by atoms with Crippen molar-refractivity contribution >= 4 is 0 Å². The maximum absolute atomic E-state index is 5.52. The van der Waals surface area contributed by atoms with Crippen LogP contribution in [0.15, 0.2) is 0 Å². The Morgan fingerprint density at radius 1 is 1.45 bits per heavy atom. The van der Waals surface area contributed by atoms with Gasteiger partial charge in [-0.05, 0) is 32.5 Å². The van der Waals surface area contributed by atoms with Crippen LogP contribution in [0.25, 0.3) is 0 Å². The molecule has 11 heavy (non-hydrogen) atoms. The predicted octanol–water partition coefficient (Wildman–Crippen LogP) is 1.31. The van der Waals surface area contributed by atoms with Gasteiger partial charge < -0.3 is 10.6 Å². The maximum Gasteiger partial charge on any atom is 0.00160 e. The van der Waals surface area contributed by atoms with E-state index in [0.717, 1.165) is 13.1 Å². The van der Waals surface area contributed by atoms with Crippen LogP contribution in [-0.4, -0.2) is 31.6 Å². The van der Waals surface area contributed by atoms with Crippen LogP contribution in [0.4, 0.5) is 0 Å². The molecule has 0 bridgehead atoms. The smallest absolute Gasteiger partial charge is 0.00160 e. The highest BCUT2D eigenvalue weighted by Crippen LogP contribution is 1.97. The fourth-order valence-electron chi connectivity index (χ4n) is 1.13. The fourth-order valence-corrected chi connectivity index (χ4v) is 1.13. The van der Waals surface area contributed by atoms with Gasteiger partial charge in [-0.3, -0.25) is 0 Å². The molecule has 0 spiro atoms. The summed E-state index contributed by atoms with van der Waals surface area (Å²) in [6.07, 6.45) is 2.58. The summed E-state index contributed by atoms with van der Waals surface area (Å²) in [5, 5.41) is 0. The third-order valence-electron chi connectivity index (χ3n) is 1.92. The van der Waals surface area contributed by atoms with Crippen LogP contribution in [-0.2, 0) is 0 Å². The van der Waals surface area contributed by atoms with E-state index in [9.17, 15) is 0 Å². The van der Waals surface area contributed by atoms with Gasteiger partial charge in [0.25, 0.3) is 0 Å². The third-order valence-corrected chi connectivity index (χ3v) is 1.92. The van der Waals surface area contributed by atoms with Gasteiger partial charge in [0.1, 0.15) is 0 Å². The van der Waals surface area contributed by atoms with Crippen LogP contribution < -0.4 is 5.73 Å². The Labute approximate surface area is 70.8 Å². The van der Waals surface area contributed by atoms with E-state index in [1.165, 1.54) is 19.4 Å². The molecule has 0 rings (SSSR count). The van der Waals surface area contributed by atoms with Crippen molar-refractivity contribution in [3.05, 3.63) is 0 Å². The van der Waals surface area contributed by atoms with Crippen molar-refractivity contribution in [1.82, 2.24) is 4.90 Å². The molecule has 0 aliphatic carbocycles. The van der Waals surface area contributed by atoms with E-state index in [-0.39, 0.29) is 0 Å². The maximum atomic E-state index is 5.52. The highest BCUT2D eigenvalue weighted by molar-refractivity contribution is 4.58. The van der Waals surface area contributed by atoms with Crippen molar-refractivity contribution < 1.29 is 0 Å². The summed E-state index contributed by atoms with van der Waals surface area (Å²) >= 11 is 0. The summed E-state index contributed by atoms with van der Waals surface area (Å²) in [6.45, 7) is 7.57. The molecule has 0 amide bonds. The third kappa shape index (κ3) is 6.32. The van der Waals surface area contributed by atoms with Crippen LogP contribution in [0.5, 0.6) is 0 Å². The number of rotatable bonds is 6. The molecule has 0 radical (unpaired) electrons. The summed E-state index contributed by atoms with van der Waals surface area (Å²) in [5.74, 6) is 0.636. The van der Waals surface area contributed by atoms with Gasteiger partial charge in [0.15, 0.2) is 0 Å². The Morgan fingerprint density at radius 3 is 2.55 bits per heavy atom. The van der Waals surface area contributed by atoms with Crippen molar-refractivity contribution in [2.75, 3.05) is 26.7 Å². The minimum atomic E-state index is 0.636. The van der Waals surface area contributed by atoms with Crippen molar-refractivity contribution in [2.45, 2.75) is 26.7 Å². The van der Waals surface area contributed by atoms with Crippen LogP contribution in [0.2, 0.25) is 0 Å². The topological polar surface area (TPSA) is 29.3 Å². The monoisotopic (exact) mass is 158 g/mol. The fraction of sp³-hybridized carbons (Fsp3) is 1.00. The first-order valence-electron chi connectivity index (χ1n) is 4.59. The lowest BCUT2D eigenvalue weighted by atomic mass is 10.1. The minimum Gasteiger partial charge on any atom is -0.330 e. The first-order chi connectivity index (χ1) is 5.20. The first-order valence-corrected chi connectivity index (χ1v) is 4.59. The summed E-state index contributed by atoms with van der Waals surface area (Å²) in [7, 11) is 2.17. The molecule has 0 aromatic carbocycles. The molecule has 2 heteroatoms. The molecular formula is C9H22N2. The van der Waals surface area contributed by atoms with Gasteiger partial charge >= 0.3 is 0 Å². The van der Waals surface area contributed by atoms with Crippen molar-refractivity contribution in [3.8, 4) is 0 Å². The normalized spacial score (nSPS) is 13.9. The van der Waals surface area contributed by atoms with E-state index in [4.69, 9.17) is 5.73 Å². The Bertz CT molecular complexity index is 83.6. The van der Waals surface area contributed by atoms with Gasteiger partial charge in [0.2, 0.25) is 0 Å². The average Bonchev–Trinajstić information content (AvgIpc) is 2.00. The summed E-state index contributed by atoms with van der Waals surface area (Å²) in [4.78, 5) is 2.36. The zero-order valence-electron chi connectivity index (χ0n) is 8.14. The highest BCUT2D eigenvalue weighted by atomic mass is 15.1. The van der Waals surface area contributed by atoms with Gasteiger partial charge in [0, 0.05) is 6.54 Å². The number of nitrogens with zero attached hydrogens (tertiary/aromatic N) is 1. The van der Waals surface area contributed by atoms with Gasteiger partial charge in [-0.25, -0.2) is 0 Å². The van der Waals surface area contributed by atoms with E-state index >= 15 is 0 Å². The minimum absolute atomic E-state index is 0.636. The number of hydrogen-bond acceptors (Lipinski definition) is 2. The van der Waals surface area contributed by atoms with E-state index in [0.29, 0.717) is 5.92 Å². The van der Waals surface area contributed by atoms with Crippen molar-refractivity contribution in [2.24, 2.45) is 11.7 Å². The molecule has 0 fully saturated rings. The van der Waals surface area contributed by atoms with E-state index < -0.39 is 0 Å². The molecule has 2 N–H and O–H groups in total. The molecule has 0 aromatic heterocycles. The van der Waals surface area contributed by atoms with Gasteiger partial charge in [-0.15, -0.1) is 0 Å². The molecule has 0 heterocycles. The zero-order valence-corrected chi connectivity index (χ0v) is 8.14. The number of hydrogen-bond donors (Lipinski definition) is 1. The quantitative estimate of drug-likeness (QED) is 0.631. The van der Waals surface area contributed by atoms with Gasteiger partial charge in [0.05, 0.1) is 0 Å². The van der Waals surface area contributed by atoms with Crippen LogP contribution in [0.3, 0.4) is 0 Å². The highest BCUT2D eigenvalue weighted by Gasteiger charge is 2.02. The standard InChI is InChI=1S/C9H22N2/c1-4-5-6-11(3)8-9(2)7-10/h9H,4-8,10H2,1-3H3. The summed E-state index contributed by atoms with van der Waals surface area (Å²) in [5.41, 5.74) is 5.52. The van der Waals surface area contributed by atoms with Crippen molar-refractivity contribution in [3.63, 3.8) is 0 Å². The molecular weight excluding hydrogens is 136 g/mol. The van der Waals surface area contributed by atoms with Gasteiger partial charge in [-0.1, -0.05) is 20.3 Å². The molecule has 0 aromatic rings. The Hall–Kier alpha value is -0.0800. The second-order valence-corrected chi connectivity index (χ2v) is 3.46. The Balaban J connectivity index is 3.27. The second-order valence-electron chi connectivity index (χ2n) is 3.46. The summed E-state index contributed by atoms with van der Waals surface area (Å²) in [6, 6.07) is 0.